The number of fused-ring (bicyclic) bond motifs is 1. The molecule has 0 aliphatic carbocycles. The van der Waals surface area contributed by atoms with E-state index in [1.807, 2.05) is 13.0 Å². The van der Waals surface area contributed by atoms with Crippen molar-refractivity contribution in [2.45, 2.75) is 25.3 Å². The highest BCUT2D eigenvalue weighted by molar-refractivity contribution is 7.89. The Morgan fingerprint density at radius 1 is 1.00 bits per heavy atom. The van der Waals surface area contributed by atoms with Crippen LogP contribution in [0.1, 0.15) is 16.7 Å². The predicted molar refractivity (Wildman–Crippen MR) is 108 cm³/mol. The molecule has 0 spiro atoms. The van der Waals surface area contributed by atoms with Crippen molar-refractivity contribution in [3.05, 3.63) is 63.4 Å². The molecule has 2 N–H and O–H groups in total. The number of aromatic amines is 1. The normalized spacial score (nSPS) is 11.6. The van der Waals surface area contributed by atoms with Crippen LogP contribution in [-0.2, 0) is 16.6 Å². The first-order chi connectivity index (χ1) is 13.3. The molecule has 148 valence electrons. The van der Waals surface area contributed by atoms with Crippen LogP contribution in [0.5, 0.6) is 11.5 Å². The van der Waals surface area contributed by atoms with E-state index in [-0.39, 0.29) is 22.7 Å². The maximum Gasteiger partial charge on any atom is 0.253 e. The smallest absolute Gasteiger partial charge is 0.253 e. The molecule has 1 heterocycles. The first kappa shape index (κ1) is 19.9. The molecule has 0 fully saturated rings. The summed E-state index contributed by atoms with van der Waals surface area (Å²) in [7, 11) is -0.931. The largest absolute Gasteiger partial charge is 0.495 e. The van der Waals surface area contributed by atoms with E-state index in [2.05, 4.69) is 9.71 Å². The molecule has 0 aliphatic rings. The number of sulfonamides is 1. The van der Waals surface area contributed by atoms with Gasteiger partial charge < -0.3 is 14.5 Å². The van der Waals surface area contributed by atoms with Gasteiger partial charge in [-0.25, -0.2) is 13.1 Å². The molecule has 0 atom stereocenters. The lowest BCUT2D eigenvalue weighted by Crippen LogP contribution is -2.27. The zero-order valence-corrected chi connectivity index (χ0v) is 16.9. The second kappa shape index (κ2) is 7.65. The summed E-state index contributed by atoms with van der Waals surface area (Å²) in [4.78, 5) is 15.3. The van der Waals surface area contributed by atoms with Crippen LogP contribution in [-0.4, -0.2) is 27.6 Å². The number of hydrogen-bond acceptors (Lipinski definition) is 5. The zero-order valence-electron chi connectivity index (χ0n) is 16.1. The van der Waals surface area contributed by atoms with Crippen LogP contribution in [0.3, 0.4) is 0 Å². The van der Waals surface area contributed by atoms with Gasteiger partial charge in [0, 0.05) is 17.5 Å². The summed E-state index contributed by atoms with van der Waals surface area (Å²) in [6.07, 6.45) is 0. The fraction of sp³-hybridized carbons (Fsp3) is 0.250. The lowest BCUT2D eigenvalue weighted by Gasteiger charge is -2.12. The molecular weight excluding hydrogens is 380 g/mol. The molecule has 3 rings (SSSR count). The minimum absolute atomic E-state index is 0.0325. The van der Waals surface area contributed by atoms with Crippen molar-refractivity contribution in [1.82, 2.24) is 9.71 Å². The second-order valence-electron chi connectivity index (χ2n) is 6.48. The molecular formula is C20H22N2O5S. The summed E-state index contributed by atoms with van der Waals surface area (Å²) in [5.41, 5.74) is 2.23. The van der Waals surface area contributed by atoms with Crippen molar-refractivity contribution in [2.24, 2.45) is 0 Å². The van der Waals surface area contributed by atoms with Crippen molar-refractivity contribution in [3.63, 3.8) is 0 Å². The molecule has 0 saturated carbocycles. The summed E-state index contributed by atoms with van der Waals surface area (Å²) in [5, 5.41) is 0.793. The van der Waals surface area contributed by atoms with Gasteiger partial charge in [0.1, 0.15) is 16.4 Å². The monoisotopic (exact) mass is 402 g/mol. The summed E-state index contributed by atoms with van der Waals surface area (Å²) in [6.45, 7) is 3.55. The van der Waals surface area contributed by atoms with E-state index in [1.54, 1.807) is 31.2 Å². The first-order valence-electron chi connectivity index (χ1n) is 8.60. The second-order valence-corrected chi connectivity index (χ2v) is 8.21. The number of nitrogens with one attached hydrogen (secondary N) is 2. The van der Waals surface area contributed by atoms with Gasteiger partial charge in [0.25, 0.3) is 5.56 Å². The molecule has 0 saturated heterocycles. The number of benzene rings is 2. The number of pyridine rings is 1. The van der Waals surface area contributed by atoms with Crippen LogP contribution in [0.15, 0.2) is 46.1 Å². The van der Waals surface area contributed by atoms with Gasteiger partial charge in [-0.15, -0.1) is 0 Å². The van der Waals surface area contributed by atoms with E-state index in [9.17, 15) is 13.2 Å². The SMILES string of the molecule is COc1ccc(C)cc1S(=O)(=O)NCc1cc2c(C)ccc(OC)c2[nH]c1=O. The van der Waals surface area contributed by atoms with E-state index >= 15 is 0 Å². The number of hydrogen-bond donors (Lipinski definition) is 2. The quantitative estimate of drug-likeness (QED) is 0.661. The number of aryl methyl sites for hydroxylation is 2. The molecule has 7 nitrogen and oxygen atoms in total. The topological polar surface area (TPSA) is 97.5 Å². The lowest BCUT2D eigenvalue weighted by atomic mass is 10.1. The van der Waals surface area contributed by atoms with E-state index in [0.717, 1.165) is 16.5 Å². The Kier molecular flexibility index (Phi) is 5.44. The van der Waals surface area contributed by atoms with Crippen LogP contribution in [0.2, 0.25) is 0 Å². The maximum atomic E-state index is 12.8. The van der Waals surface area contributed by atoms with Crippen molar-refractivity contribution in [1.29, 1.82) is 0 Å². The lowest BCUT2D eigenvalue weighted by molar-refractivity contribution is 0.402. The Morgan fingerprint density at radius 3 is 2.36 bits per heavy atom. The molecule has 0 amide bonds. The average Bonchev–Trinajstić information content (AvgIpc) is 2.67. The number of H-pyrrole nitrogens is 1. The highest BCUT2D eigenvalue weighted by Gasteiger charge is 2.20. The minimum Gasteiger partial charge on any atom is -0.495 e. The van der Waals surface area contributed by atoms with Crippen molar-refractivity contribution in [2.75, 3.05) is 14.2 Å². The van der Waals surface area contributed by atoms with E-state index in [0.29, 0.717) is 16.8 Å². The number of rotatable bonds is 6. The first-order valence-corrected chi connectivity index (χ1v) is 10.1. The van der Waals surface area contributed by atoms with Gasteiger partial charge in [0.15, 0.2) is 0 Å². The Bertz CT molecular complexity index is 1200. The van der Waals surface area contributed by atoms with Gasteiger partial charge >= 0.3 is 0 Å². The Labute approximate surface area is 163 Å². The third kappa shape index (κ3) is 3.74. The third-order valence-electron chi connectivity index (χ3n) is 4.56. The van der Waals surface area contributed by atoms with Crippen LogP contribution in [0.4, 0.5) is 0 Å². The molecule has 3 aromatic rings. The maximum absolute atomic E-state index is 12.8. The van der Waals surface area contributed by atoms with Gasteiger partial charge in [-0.05, 0) is 49.2 Å². The molecule has 2 aromatic carbocycles. The van der Waals surface area contributed by atoms with Crippen LogP contribution >= 0.6 is 0 Å². The van der Waals surface area contributed by atoms with Crippen LogP contribution in [0.25, 0.3) is 10.9 Å². The van der Waals surface area contributed by atoms with E-state index < -0.39 is 10.0 Å². The van der Waals surface area contributed by atoms with Gasteiger partial charge in [-0.1, -0.05) is 12.1 Å². The summed E-state index contributed by atoms with van der Waals surface area (Å²) in [6, 6.07) is 10.2. The summed E-state index contributed by atoms with van der Waals surface area (Å²) >= 11 is 0. The molecule has 0 unspecified atom stereocenters. The standard InChI is InChI=1S/C20H22N2O5S/c1-12-5-7-16(26-3)18(9-12)28(24,25)21-11-14-10-15-13(2)6-8-17(27-4)19(15)22-20(14)23/h5-10,21H,11H2,1-4H3,(H,22,23). The van der Waals surface area contributed by atoms with Gasteiger partial charge in [0.2, 0.25) is 10.0 Å². The Morgan fingerprint density at radius 2 is 1.68 bits per heavy atom. The van der Waals surface area contributed by atoms with Crippen molar-refractivity contribution in [3.8, 4) is 11.5 Å². The molecule has 8 heteroatoms. The zero-order chi connectivity index (χ0) is 20.5. The predicted octanol–water partition coefficient (Wildman–Crippen LogP) is 2.64. The fourth-order valence-electron chi connectivity index (χ4n) is 3.00. The van der Waals surface area contributed by atoms with Crippen LogP contribution < -0.4 is 19.8 Å². The number of aromatic nitrogens is 1. The fourth-order valence-corrected chi connectivity index (χ4v) is 4.26. The van der Waals surface area contributed by atoms with Gasteiger partial charge in [-0.2, -0.15) is 0 Å². The van der Waals surface area contributed by atoms with E-state index in [1.165, 1.54) is 20.3 Å². The Balaban J connectivity index is 1.98. The molecule has 28 heavy (non-hydrogen) atoms. The molecule has 1 aromatic heterocycles. The number of ether oxygens (including phenoxy) is 2. The van der Waals surface area contributed by atoms with Crippen LogP contribution in [0, 0.1) is 13.8 Å². The third-order valence-corrected chi connectivity index (χ3v) is 5.98. The highest BCUT2D eigenvalue weighted by Crippen LogP contribution is 2.27. The average molecular weight is 402 g/mol. The highest BCUT2D eigenvalue weighted by atomic mass is 32.2. The summed E-state index contributed by atoms with van der Waals surface area (Å²) in [5.74, 6) is 0.792. The minimum atomic E-state index is -3.87. The van der Waals surface area contributed by atoms with Gasteiger partial charge in [0.05, 0.1) is 19.7 Å². The number of methoxy groups -OCH3 is 2. The van der Waals surface area contributed by atoms with Crippen molar-refractivity contribution >= 4 is 20.9 Å². The molecule has 0 aliphatic heterocycles. The van der Waals surface area contributed by atoms with E-state index in [4.69, 9.17) is 9.47 Å². The Hall–Kier alpha value is -2.84. The van der Waals surface area contributed by atoms with Crippen molar-refractivity contribution < 1.29 is 17.9 Å². The molecule has 0 bridgehead atoms. The molecule has 0 radical (unpaired) electrons. The summed E-state index contributed by atoms with van der Waals surface area (Å²) < 4.78 is 38.5. The van der Waals surface area contributed by atoms with Gasteiger partial charge in [-0.3, -0.25) is 4.79 Å².